The largest absolute Gasteiger partial charge is 0.377 e. The molecule has 5 heteroatoms. The van der Waals surface area contributed by atoms with Gasteiger partial charge < -0.3 is 4.74 Å². The number of hydrogen-bond donors (Lipinski definition) is 1. The van der Waals surface area contributed by atoms with Crippen molar-refractivity contribution in [3.63, 3.8) is 0 Å². The number of ether oxygens (including phenoxy) is 1. The van der Waals surface area contributed by atoms with Crippen molar-refractivity contribution in [2.45, 2.75) is 45.1 Å². The maximum Gasteiger partial charge on any atom is 0.267 e. The van der Waals surface area contributed by atoms with Crippen LogP contribution < -0.4 is 0 Å². The Morgan fingerprint density at radius 3 is 2.76 bits per heavy atom. The van der Waals surface area contributed by atoms with Crippen molar-refractivity contribution >= 4 is 10.1 Å². The lowest BCUT2D eigenvalue weighted by molar-refractivity contribution is -0.0660. The summed E-state index contributed by atoms with van der Waals surface area (Å²) in [5.41, 5.74) is 0. The van der Waals surface area contributed by atoms with E-state index < -0.39 is 10.1 Å². The molecule has 2 aliphatic rings. The Labute approximate surface area is 103 Å². The van der Waals surface area contributed by atoms with Crippen LogP contribution in [0.4, 0.5) is 0 Å². The van der Waals surface area contributed by atoms with Crippen LogP contribution in [0.1, 0.15) is 39.0 Å². The fourth-order valence-corrected chi connectivity index (χ4v) is 3.87. The smallest absolute Gasteiger partial charge is 0.267 e. The molecule has 0 aromatic carbocycles. The third-order valence-corrected chi connectivity index (χ3v) is 4.89. The molecule has 2 saturated carbocycles. The summed E-state index contributed by atoms with van der Waals surface area (Å²) in [6.45, 7) is 2.32. The Balaban J connectivity index is 1.86. The Morgan fingerprint density at radius 1 is 1.29 bits per heavy atom. The molecule has 0 radical (unpaired) electrons. The zero-order valence-corrected chi connectivity index (χ0v) is 11.2. The first-order chi connectivity index (χ1) is 7.96. The molecule has 100 valence electrons. The van der Waals surface area contributed by atoms with Gasteiger partial charge in [0.2, 0.25) is 0 Å². The predicted octanol–water partition coefficient (Wildman–Crippen LogP) is 2.11. The van der Waals surface area contributed by atoms with Crippen LogP contribution in [0, 0.1) is 17.8 Å². The van der Waals surface area contributed by atoms with Gasteiger partial charge in [0.1, 0.15) is 0 Å². The van der Waals surface area contributed by atoms with Crippen LogP contribution in [0.5, 0.6) is 0 Å². The van der Waals surface area contributed by atoms with Gasteiger partial charge in [0.15, 0.2) is 0 Å². The average Bonchev–Trinajstić information content (AvgIpc) is 2.21. The minimum absolute atomic E-state index is 0.120. The molecular formula is C12H22O4S. The predicted molar refractivity (Wildman–Crippen MR) is 65.4 cm³/mol. The molecule has 0 heterocycles. The number of fused-ring (bicyclic) bond motifs is 2. The first kappa shape index (κ1) is 13.3. The lowest BCUT2D eigenvalue weighted by Gasteiger charge is -2.43. The van der Waals surface area contributed by atoms with E-state index in [1.165, 1.54) is 32.1 Å². The molecule has 4 unspecified atom stereocenters. The summed E-state index contributed by atoms with van der Waals surface area (Å²) in [6, 6.07) is 0. The SMILES string of the molecule is CC1CC2CCCC(C2)C1OCCS(=O)(=O)O. The summed E-state index contributed by atoms with van der Waals surface area (Å²) < 4.78 is 35.7. The highest BCUT2D eigenvalue weighted by Crippen LogP contribution is 2.43. The second-order valence-corrected chi connectivity index (χ2v) is 7.20. The lowest BCUT2D eigenvalue weighted by Crippen LogP contribution is -2.40. The summed E-state index contributed by atoms with van der Waals surface area (Å²) >= 11 is 0. The first-order valence-corrected chi connectivity index (χ1v) is 8.13. The van der Waals surface area contributed by atoms with Crippen molar-refractivity contribution in [3.8, 4) is 0 Å². The summed E-state index contributed by atoms with van der Waals surface area (Å²) in [4.78, 5) is 0. The molecule has 0 spiro atoms. The van der Waals surface area contributed by atoms with Gasteiger partial charge in [-0.15, -0.1) is 0 Å². The molecule has 17 heavy (non-hydrogen) atoms. The second-order valence-electron chi connectivity index (χ2n) is 5.63. The Bertz CT molecular complexity index is 350. The molecule has 2 bridgehead atoms. The maximum absolute atomic E-state index is 10.6. The van der Waals surface area contributed by atoms with Gasteiger partial charge in [0.05, 0.1) is 18.5 Å². The minimum Gasteiger partial charge on any atom is -0.377 e. The van der Waals surface area contributed by atoms with E-state index in [0.717, 1.165) is 5.92 Å². The fraction of sp³-hybridized carbons (Fsp3) is 1.00. The first-order valence-electron chi connectivity index (χ1n) is 6.52. The fourth-order valence-electron chi connectivity index (χ4n) is 3.56. The molecule has 0 saturated heterocycles. The van der Waals surface area contributed by atoms with E-state index in [-0.39, 0.29) is 18.5 Å². The van der Waals surface area contributed by atoms with Crippen molar-refractivity contribution < 1.29 is 17.7 Å². The monoisotopic (exact) mass is 262 g/mol. The van der Waals surface area contributed by atoms with Crippen LogP contribution in [0.25, 0.3) is 0 Å². The maximum atomic E-state index is 10.6. The molecule has 2 fully saturated rings. The van der Waals surface area contributed by atoms with Crippen LogP contribution in [-0.2, 0) is 14.9 Å². The molecule has 1 N–H and O–H groups in total. The summed E-state index contributed by atoms with van der Waals surface area (Å²) in [7, 11) is -3.89. The van der Waals surface area contributed by atoms with E-state index in [0.29, 0.717) is 11.8 Å². The van der Waals surface area contributed by atoms with E-state index in [1.54, 1.807) is 0 Å². The topological polar surface area (TPSA) is 63.6 Å². The normalized spacial score (nSPS) is 38.0. The van der Waals surface area contributed by atoms with E-state index in [4.69, 9.17) is 9.29 Å². The molecule has 2 rings (SSSR count). The highest BCUT2D eigenvalue weighted by atomic mass is 32.2. The standard InChI is InChI=1S/C12H22O4S/c1-9-7-10-3-2-4-11(8-10)12(9)16-5-6-17(13,14)15/h9-12H,2-8H2,1H3,(H,13,14,15). The van der Waals surface area contributed by atoms with Gasteiger partial charge in [-0.1, -0.05) is 19.8 Å². The van der Waals surface area contributed by atoms with Gasteiger partial charge in [-0.2, -0.15) is 8.42 Å². The Kier molecular flexibility index (Phi) is 4.10. The average molecular weight is 262 g/mol. The van der Waals surface area contributed by atoms with E-state index in [9.17, 15) is 8.42 Å². The zero-order valence-electron chi connectivity index (χ0n) is 10.3. The molecule has 2 aliphatic carbocycles. The highest BCUT2D eigenvalue weighted by Gasteiger charge is 2.38. The summed E-state index contributed by atoms with van der Waals surface area (Å²) in [6.07, 6.45) is 6.46. The molecule has 0 amide bonds. The molecular weight excluding hydrogens is 240 g/mol. The van der Waals surface area contributed by atoms with Crippen LogP contribution in [0.2, 0.25) is 0 Å². The minimum atomic E-state index is -3.89. The van der Waals surface area contributed by atoms with Crippen molar-refractivity contribution in [1.29, 1.82) is 0 Å². The zero-order chi connectivity index (χ0) is 12.5. The van der Waals surface area contributed by atoms with Gasteiger partial charge in [-0.3, -0.25) is 4.55 Å². The van der Waals surface area contributed by atoms with Crippen molar-refractivity contribution in [1.82, 2.24) is 0 Å². The second kappa shape index (κ2) is 5.24. The van der Waals surface area contributed by atoms with Crippen molar-refractivity contribution in [2.75, 3.05) is 12.4 Å². The third-order valence-electron chi connectivity index (χ3n) is 4.21. The summed E-state index contributed by atoms with van der Waals surface area (Å²) in [5.74, 6) is 1.68. The van der Waals surface area contributed by atoms with Crippen molar-refractivity contribution in [2.24, 2.45) is 17.8 Å². The van der Waals surface area contributed by atoms with Crippen LogP contribution in [0.3, 0.4) is 0 Å². The number of rotatable bonds is 4. The third kappa shape index (κ3) is 3.66. The van der Waals surface area contributed by atoms with E-state index >= 15 is 0 Å². The van der Waals surface area contributed by atoms with Gasteiger partial charge in [0, 0.05) is 0 Å². The Hall–Kier alpha value is -0.130. The van der Waals surface area contributed by atoms with Gasteiger partial charge >= 0.3 is 0 Å². The van der Waals surface area contributed by atoms with Crippen LogP contribution in [-0.4, -0.2) is 31.4 Å². The number of hydrogen-bond acceptors (Lipinski definition) is 3. The van der Waals surface area contributed by atoms with Crippen LogP contribution in [0.15, 0.2) is 0 Å². The van der Waals surface area contributed by atoms with Gasteiger partial charge in [0.25, 0.3) is 10.1 Å². The Morgan fingerprint density at radius 2 is 2.06 bits per heavy atom. The van der Waals surface area contributed by atoms with E-state index in [1.807, 2.05) is 0 Å². The molecule has 4 atom stereocenters. The van der Waals surface area contributed by atoms with E-state index in [2.05, 4.69) is 6.92 Å². The highest BCUT2D eigenvalue weighted by molar-refractivity contribution is 7.85. The molecule has 0 aromatic heterocycles. The molecule has 0 aliphatic heterocycles. The van der Waals surface area contributed by atoms with Crippen molar-refractivity contribution in [3.05, 3.63) is 0 Å². The molecule has 0 aromatic rings. The quantitative estimate of drug-likeness (QED) is 0.788. The molecule has 4 nitrogen and oxygen atoms in total. The van der Waals surface area contributed by atoms with Gasteiger partial charge in [-0.25, -0.2) is 0 Å². The lowest BCUT2D eigenvalue weighted by atomic mass is 9.67. The summed E-state index contributed by atoms with van der Waals surface area (Å²) in [5, 5.41) is 0. The van der Waals surface area contributed by atoms with Gasteiger partial charge in [-0.05, 0) is 37.0 Å². The van der Waals surface area contributed by atoms with Crippen LogP contribution >= 0.6 is 0 Å².